The van der Waals surface area contributed by atoms with Crippen molar-refractivity contribution in [2.75, 3.05) is 0 Å². The zero-order valence-corrected chi connectivity index (χ0v) is 22.2. The average molecular weight is 462 g/mol. The van der Waals surface area contributed by atoms with E-state index in [1.54, 1.807) is 0 Å². The molecule has 1 heteroatoms. The van der Waals surface area contributed by atoms with E-state index in [1.807, 2.05) is 0 Å². The summed E-state index contributed by atoms with van der Waals surface area (Å²) in [6.45, 7) is 0. The second-order valence-corrected chi connectivity index (χ2v) is 63.0. The molecule has 0 unspecified atom stereocenters. The first-order chi connectivity index (χ1) is 14.6. The monoisotopic (exact) mass is 461 g/mol. The van der Waals surface area contributed by atoms with E-state index in [9.17, 15) is 0 Å². The molecule has 3 aromatic carbocycles. The molecule has 0 heterocycles. The summed E-state index contributed by atoms with van der Waals surface area (Å²) in [4.78, 5) is 0. The van der Waals surface area contributed by atoms with Gasteiger partial charge in [-0.1, -0.05) is 0 Å². The molecular weight excluding hydrogens is 420 g/mol. The van der Waals surface area contributed by atoms with Gasteiger partial charge in [-0.05, 0) is 0 Å². The molecule has 0 bridgehead atoms. The minimum absolute atomic E-state index is 0.329. The van der Waals surface area contributed by atoms with Crippen molar-refractivity contribution in [2.45, 2.75) is 44.5 Å². The van der Waals surface area contributed by atoms with Crippen molar-refractivity contribution in [2.24, 2.45) is 0 Å². The first-order valence-electron chi connectivity index (χ1n) is 12.3. The van der Waals surface area contributed by atoms with E-state index in [1.165, 1.54) is 16.7 Å². The predicted molar refractivity (Wildman–Crippen MR) is 142 cm³/mol. The van der Waals surface area contributed by atoms with Gasteiger partial charge in [-0.2, -0.15) is 0 Å². The van der Waals surface area contributed by atoms with Gasteiger partial charge < -0.3 is 0 Å². The van der Waals surface area contributed by atoms with Gasteiger partial charge in [0.05, 0.1) is 0 Å². The molecule has 0 aromatic heterocycles. The summed E-state index contributed by atoms with van der Waals surface area (Å²) >= 11 is 0. The van der Waals surface area contributed by atoms with Gasteiger partial charge in [0.25, 0.3) is 0 Å². The van der Waals surface area contributed by atoms with Gasteiger partial charge in [-0.15, -0.1) is 0 Å². The van der Waals surface area contributed by atoms with Gasteiger partial charge >= 0.3 is 187 Å². The zero-order chi connectivity index (χ0) is 23.2. The quantitative estimate of drug-likeness (QED) is 0.307. The number of hydrogen-bond acceptors (Lipinski definition) is 0. The summed E-state index contributed by atoms with van der Waals surface area (Å²) < 4.78 is 3.47. The fourth-order valence-corrected chi connectivity index (χ4v) is 29.2. The Kier molecular flexibility index (Phi) is 3.50. The molecule has 32 heavy (non-hydrogen) atoms. The van der Waals surface area contributed by atoms with E-state index >= 15 is 0 Å². The zero-order valence-electron chi connectivity index (χ0n) is 20.7. The maximum absolute atomic E-state index is 5.58. The molecule has 0 saturated carbocycles. The van der Waals surface area contributed by atoms with E-state index in [4.69, 9.17) is 0 Å². The molecule has 0 aliphatic heterocycles. The van der Waals surface area contributed by atoms with E-state index in [0.29, 0.717) is 4.22 Å². The summed E-state index contributed by atoms with van der Waals surface area (Å²) in [5.41, 5.74) is 4.27. The van der Waals surface area contributed by atoms with Crippen LogP contribution in [0.5, 0.6) is 0 Å². The molecule has 0 radical (unpaired) electrons. The second-order valence-electron chi connectivity index (χ2n) is 19.4. The molecular formula is C31H41Ti. The predicted octanol–water partition coefficient (Wildman–Crippen LogP) is 9.57. The topological polar surface area (TPSA) is 0 Å². The molecule has 0 N–H and O–H groups in total. The third-order valence-corrected chi connectivity index (χ3v) is 31.5. The summed E-state index contributed by atoms with van der Waals surface area (Å²) in [5, 5.41) is 13.7. The molecule has 0 fully saturated rings. The molecule has 1 aliphatic carbocycles. The standard InChI is InChI=1S/3C7H7.C5H5.5CH3.Ti/c3*1-7-5-3-2-4-6-7;1-2-4-5-3-1;;;;;;/h3*2-6H,1H2;1-5H;5*1H3;. The van der Waals surface area contributed by atoms with Gasteiger partial charge in [0.2, 0.25) is 0 Å². The van der Waals surface area contributed by atoms with Crippen LogP contribution in [0.1, 0.15) is 16.7 Å². The van der Waals surface area contributed by atoms with E-state index in [-0.39, 0.29) is 0 Å². The van der Waals surface area contributed by atoms with Crippen molar-refractivity contribution in [3.8, 4) is 0 Å². The average Bonchev–Trinajstić information content (AvgIpc) is 3.26. The van der Waals surface area contributed by atoms with Crippen molar-refractivity contribution in [1.82, 2.24) is 0 Å². The molecule has 4 rings (SSSR count). The van der Waals surface area contributed by atoms with Crippen molar-refractivity contribution in [3.05, 3.63) is 132 Å². The van der Waals surface area contributed by atoms with Crippen LogP contribution in [0.2, 0.25) is 30.4 Å². The summed E-state index contributed by atoms with van der Waals surface area (Å²) in [5.74, 6) is 0. The molecule has 1 aliphatic rings. The van der Waals surface area contributed by atoms with Crippen LogP contribution in [0.15, 0.2) is 115 Å². The summed E-state index contributed by atoms with van der Waals surface area (Å²) in [6, 6.07) is 33.6. The Morgan fingerprint density at radius 2 is 0.750 bits per heavy atom. The van der Waals surface area contributed by atoms with Crippen LogP contribution in [-0.4, -0.2) is 0 Å². The molecule has 0 spiro atoms. The summed E-state index contributed by atoms with van der Waals surface area (Å²) in [6.07, 6.45) is 9.54. The molecule has 3 aromatic rings. The number of benzene rings is 3. The third kappa shape index (κ3) is 3.58. The van der Waals surface area contributed by atoms with E-state index in [2.05, 4.69) is 141 Å². The van der Waals surface area contributed by atoms with E-state index in [0.717, 1.165) is 14.2 Å². The van der Waals surface area contributed by atoms with Crippen molar-refractivity contribution in [3.63, 3.8) is 0 Å². The minimum atomic E-state index is -5.58. The third-order valence-electron chi connectivity index (χ3n) is 9.97. The normalized spacial score (nSPS) is 20.8. The maximum atomic E-state index is 2.75. The van der Waals surface area contributed by atoms with Crippen LogP contribution in [0.3, 0.4) is 0 Å². The fourth-order valence-electron chi connectivity index (χ4n) is 8.41. The molecule has 0 atom stereocenters. The van der Waals surface area contributed by atoms with Crippen LogP contribution >= 0.6 is 0 Å². The van der Waals surface area contributed by atoms with Crippen LogP contribution in [0.25, 0.3) is 0 Å². The molecule has 0 nitrogen and oxygen atoms in total. The van der Waals surface area contributed by atoms with Gasteiger partial charge in [0, 0.05) is 0 Å². The van der Waals surface area contributed by atoms with Gasteiger partial charge in [-0.25, -0.2) is 0 Å². The molecule has 0 amide bonds. The number of hydrogen-bond donors (Lipinski definition) is 0. The first-order valence-corrected chi connectivity index (χ1v) is 24.3. The SMILES string of the molecule is [CH3][Ti]([CH3])([CH3])([CH3])([CH3])([CH2]c1ccccc1)([CH2]c1ccccc1)([CH2]c1ccccc1)[CH]1C=CC=C1. The second kappa shape index (κ2) is 4.86. The van der Waals surface area contributed by atoms with E-state index < -0.39 is 10.2 Å². The van der Waals surface area contributed by atoms with Crippen molar-refractivity contribution in [1.29, 1.82) is 0 Å². The Morgan fingerprint density at radius 1 is 0.469 bits per heavy atom. The Balaban J connectivity index is 2.20. The Morgan fingerprint density at radius 3 is 1.03 bits per heavy atom. The number of allylic oxidation sites excluding steroid dienone is 4. The van der Waals surface area contributed by atoms with Gasteiger partial charge in [0.1, 0.15) is 0 Å². The Labute approximate surface area is 186 Å². The van der Waals surface area contributed by atoms with Gasteiger partial charge in [-0.3, -0.25) is 0 Å². The fraction of sp³-hybridized carbons (Fsp3) is 0.290. The van der Waals surface area contributed by atoms with Gasteiger partial charge in [0.15, 0.2) is 0 Å². The summed E-state index contributed by atoms with van der Waals surface area (Å²) in [7, 11) is -5.58. The molecule has 169 valence electrons. The van der Waals surface area contributed by atoms with Crippen LogP contribution < -0.4 is 0 Å². The first kappa shape index (κ1) is 23.0. The Hall–Kier alpha value is -2.15. The Bertz CT molecular complexity index is 1160. The van der Waals surface area contributed by atoms with Crippen LogP contribution in [0, 0.1) is 0 Å². The van der Waals surface area contributed by atoms with Crippen LogP contribution in [-0.2, 0) is 24.4 Å². The van der Waals surface area contributed by atoms with Crippen molar-refractivity contribution >= 4 is 0 Å². The molecule has 0 saturated heterocycles. The van der Waals surface area contributed by atoms with Crippen molar-refractivity contribution < 1.29 is 10.2 Å². The number of rotatable bonds is 7. The van der Waals surface area contributed by atoms with Crippen LogP contribution in [0.4, 0.5) is 0 Å².